The van der Waals surface area contributed by atoms with Crippen molar-refractivity contribution in [3.63, 3.8) is 0 Å². The molecule has 0 aromatic carbocycles. The van der Waals surface area contributed by atoms with Crippen molar-refractivity contribution >= 4 is 0 Å². The normalized spacial score (nSPS) is 10.5. The summed E-state index contributed by atoms with van der Waals surface area (Å²) >= 11 is 0. The minimum atomic E-state index is 0.548. The van der Waals surface area contributed by atoms with Crippen LogP contribution in [-0.4, -0.2) is 13.7 Å². The van der Waals surface area contributed by atoms with Crippen LogP contribution in [0, 0.1) is 0 Å². The van der Waals surface area contributed by atoms with Crippen molar-refractivity contribution in [1.82, 2.24) is 5.32 Å². The van der Waals surface area contributed by atoms with Crippen LogP contribution in [0.1, 0.15) is 18.2 Å². The van der Waals surface area contributed by atoms with Crippen LogP contribution in [0.5, 0.6) is 0 Å². The second-order valence-corrected chi connectivity index (χ2v) is 2.63. The fraction of sp³-hybridized carbons (Fsp3) is 0.556. The molecule has 1 N–H and O–H groups in total. The Balaban J connectivity index is 2.41. The predicted molar refractivity (Wildman–Crippen MR) is 46.8 cm³/mol. The van der Waals surface area contributed by atoms with Gasteiger partial charge in [0.25, 0.3) is 0 Å². The van der Waals surface area contributed by atoms with Gasteiger partial charge < -0.3 is 14.5 Å². The molecule has 1 aromatic heterocycles. The van der Waals surface area contributed by atoms with E-state index >= 15 is 0 Å². The van der Waals surface area contributed by atoms with Crippen LogP contribution in [0.15, 0.2) is 16.7 Å². The number of rotatable bonds is 5. The molecular weight excluding hydrogens is 154 g/mol. The summed E-state index contributed by atoms with van der Waals surface area (Å²) in [5.41, 5.74) is 1.17. The zero-order valence-electron chi connectivity index (χ0n) is 7.59. The molecule has 0 bridgehead atoms. The summed E-state index contributed by atoms with van der Waals surface area (Å²) in [6.07, 6.45) is 1.76. The number of furan rings is 1. The van der Waals surface area contributed by atoms with E-state index in [4.69, 9.17) is 9.15 Å². The van der Waals surface area contributed by atoms with E-state index in [1.54, 1.807) is 13.4 Å². The van der Waals surface area contributed by atoms with Crippen molar-refractivity contribution in [2.45, 2.75) is 20.1 Å². The molecule has 3 nitrogen and oxygen atoms in total. The summed E-state index contributed by atoms with van der Waals surface area (Å²) in [6, 6.07) is 2.01. The van der Waals surface area contributed by atoms with Crippen LogP contribution in [0.2, 0.25) is 0 Å². The Hall–Kier alpha value is -0.800. The van der Waals surface area contributed by atoms with Crippen LogP contribution < -0.4 is 5.32 Å². The minimum absolute atomic E-state index is 0.548. The van der Waals surface area contributed by atoms with Gasteiger partial charge in [-0.2, -0.15) is 0 Å². The molecule has 0 aliphatic carbocycles. The van der Waals surface area contributed by atoms with Gasteiger partial charge in [-0.1, -0.05) is 6.92 Å². The van der Waals surface area contributed by atoms with Gasteiger partial charge in [0.2, 0.25) is 0 Å². The monoisotopic (exact) mass is 169 g/mol. The second-order valence-electron chi connectivity index (χ2n) is 2.63. The largest absolute Gasteiger partial charge is 0.467 e. The molecule has 68 valence electrons. The highest BCUT2D eigenvalue weighted by Gasteiger charge is 1.99. The maximum Gasteiger partial charge on any atom is 0.129 e. The first kappa shape index (κ1) is 9.29. The molecule has 0 saturated heterocycles. The van der Waals surface area contributed by atoms with E-state index < -0.39 is 0 Å². The molecule has 12 heavy (non-hydrogen) atoms. The Kier molecular flexibility index (Phi) is 3.84. The molecule has 0 atom stereocenters. The highest BCUT2D eigenvalue weighted by Crippen LogP contribution is 2.07. The minimum Gasteiger partial charge on any atom is -0.467 e. The zero-order chi connectivity index (χ0) is 8.81. The molecule has 0 amide bonds. The van der Waals surface area contributed by atoms with Crippen molar-refractivity contribution in [3.05, 3.63) is 23.7 Å². The standard InChI is InChI=1S/C9H15NO2/c1-3-10-5-8-4-9(7-11-2)12-6-8/h4,6,10H,3,5,7H2,1-2H3. The molecule has 1 rings (SSSR count). The fourth-order valence-corrected chi connectivity index (χ4v) is 1.01. The van der Waals surface area contributed by atoms with Crippen LogP contribution in [0.25, 0.3) is 0 Å². The van der Waals surface area contributed by atoms with Gasteiger partial charge in [0, 0.05) is 19.2 Å². The first-order valence-electron chi connectivity index (χ1n) is 4.12. The lowest BCUT2D eigenvalue weighted by molar-refractivity contribution is 0.164. The van der Waals surface area contributed by atoms with Crippen molar-refractivity contribution in [3.8, 4) is 0 Å². The zero-order valence-corrected chi connectivity index (χ0v) is 7.59. The maximum absolute atomic E-state index is 5.24. The highest BCUT2D eigenvalue weighted by molar-refractivity contribution is 5.11. The molecule has 0 unspecified atom stereocenters. The highest BCUT2D eigenvalue weighted by atomic mass is 16.5. The van der Waals surface area contributed by atoms with Crippen molar-refractivity contribution in [2.75, 3.05) is 13.7 Å². The van der Waals surface area contributed by atoms with E-state index in [9.17, 15) is 0 Å². The van der Waals surface area contributed by atoms with E-state index in [2.05, 4.69) is 12.2 Å². The predicted octanol–water partition coefficient (Wildman–Crippen LogP) is 1.54. The van der Waals surface area contributed by atoms with E-state index in [-0.39, 0.29) is 0 Å². The Labute approximate surface area is 72.7 Å². The number of hydrogen-bond acceptors (Lipinski definition) is 3. The van der Waals surface area contributed by atoms with Crippen molar-refractivity contribution in [1.29, 1.82) is 0 Å². The van der Waals surface area contributed by atoms with Crippen molar-refractivity contribution in [2.24, 2.45) is 0 Å². The number of nitrogens with one attached hydrogen (secondary N) is 1. The average Bonchev–Trinajstić information content (AvgIpc) is 2.50. The quantitative estimate of drug-likeness (QED) is 0.726. The van der Waals surface area contributed by atoms with Gasteiger partial charge in [0.15, 0.2) is 0 Å². The van der Waals surface area contributed by atoms with E-state index in [1.165, 1.54) is 5.56 Å². The van der Waals surface area contributed by atoms with Gasteiger partial charge in [0.05, 0.1) is 6.26 Å². The molecule has 0 aliphatic rings. The first-order valence-corrected chi connectivity index (χ1v) is 4.12. The topological polar surface area (TPSA) is 34.4 Å². The molecule has 0 aliphatic heterocycles. The smallest absolute Gasteiger partial charge is 0.129 e. The van der Waals surface area contributed by atoms with E-state index in [0.717, 1.165) is 18.8 Å². The average molecular weight is 169 g/mol. The van der Waals surface area contributed by atoms with E-state index in [0.29, 0.717) is 6.61 Å². The summed E-state index contributed by atoms with van der Waals surface area (Å²) < 4.78 is 10.2. The second kappa shape index (κ2) is 4.95. The maximum atomic E-state index is 5.24. The Bertz CT molecular complexity index is 220. The molecule has 0 radical (unpaired) electrons. The number of hydrogen-bond donors (Lipinski definition) is 1. The number of ether oxygens (including phenoxy) is 1. The molecule has 1 aromatic rings. The summed E-state index contributed by atoms with van der Waals surface area (Å²) in [4.78, 5) is 0. The molecule has 0 spiro atoms. The van der Waals surface area contributed by atoms with Crippen LogP contribution >= 0.6 is 0 Å². The van der Waals surface area contributed by atoms with Gasteiger partial charge in [-0.25, -0.2) is 0 Å². The number of methoxy groups -OCH3 is 1. The van der Waals surface area contributed by atoms with Gasteiger partial charge in [-0.15, -0.1) is 0 Å². The molecule has 0 saturated carbocycles. The van der Waals surface area contributed by atoms with Crippen LogP contribution in [0.4, 0.5) is 0 Å². The lowest BCUT2D eigenvalue weighted by Crippen LogP contribution is -2.10. The lowest BCUT2D eigenvalue weighted by atomic mass is 10.3. The van der Waals surface area contributed by atoms with Gasteiger partial charge in [-0.05, 0) is 12.6 Å². The van der Waals surface area contributed by atoms with E-state index in [1.807, 2.05) is 6.07 Å². The fourth-order valence-electron chi connectivity index (χ4n) is 1.01. The Morgan fingerprint density at radius 2 is 2.42 bits per heavy atom. The summed E-state index contributed by atoms with van der Waals surface area (Å²) in [5.74, 6) is 0.880. The third kappa shape index (κ3) is 2.68. The van der Waals surface area contributed by atoms with Gasteiger partial charge in [-0.3, -0.25) is 0 Å². The van der Waals surface area contributed by atoms with Gasteiger partial charge in [0.1, 0.15) is 12.4 Å². The third-order valence-corrected chi connectivity index (χ3v) is 1.57. The summed E-state index contributed by atoms with van der Waals surface area (Å²) in [5, 5.41) is 3.22. The molecule has 0 fully saturated rings. The molecular formula is C9H15NO2. The Morgan fingerprint density at radius 1 is 1.58 bits per heavy atom. The molecule has 3 heteroatoms. The SMILES string of the molecule is CCNCc1coc(COC)c1. The van der Waals surface area contributed by atoms with Gasteiger partial charge >= 0.3 is 0 Å². The van der Waals surface area contributed by atoms with Crippen molar-refractivity contribution < 1.29 is 9.15 Å². The first-order chi connectivity index (χ1) is 5.86. The third-order valence-electron chi connectivity index (χ3n) is 1.57. The lowest BCUT2D eigenvalue weighted by Gasteiger charge is -1.94. The van der Waals surface area contributed by atoms with Crippen LogP contribution in [-0.2, 0) is 17.9 Å². The molecule has 1 heterocycles. The van der Waals surface area contributed by atoms with Crippen LogP contribution in [0.3, 0.4) is 0 Å². The summed E-state index contributed by atoms with van der Waals surface area (Å²) in [6.45, 7) is 4.47. The summed E-state index contributed by atoms with van der Waals surface area (Å²) in [7, 11) is 1.66. The Morgan fingerprint density at radius 3 is 3.08 bits per heavy atom.